The maximum Gasteiger partial charge on any atom is 0.216 e. The van der Waals surface area contributed by atoms with Gasteiger partial charge in [-0.3, -0.25) is 5.10 Å². The number of aromatic amines is 1. The molecular weight excluding hydrogens is 511 g/mol. The lowest BCUT2D eigenvalue weighted by atomic mass is 9.99. The minimum absolute atomic E-state index is 0. The van der Waals surface area contributed by atoms with E-state index in [0.29, 0.717) is 24.0 Å². The highest BCUT2D eigenvalue weighted by Gasteiger charge is 2.22. The second-order valence-electron chi connectivity index (χ2n) is 6.90. The van der Waals surface area contributed by atoms with Crippen LogP contribution in [0, 0.1) is 0 Å². The zero-order chi connectivity index (χ0) is 20.9. The van der Waals surface area contributed by atoms with E-state index in [4.69, 9.17) is 18.9 Å². The van der Waals surface area contributed by atoms with E-state index in [9.17, 15) is 0 Å². The minimum Gasteiger partial charge on any atom is -0.493 e. The van der Waals surface area contributed by atoms with Crippen molar-refractivity contribution in [2.75, 3.05) is 27.3 Å². The van der Waals surface area contributed by atoms with Crippen LogP contribution in [0.4, 0.5) is 0 Å². The number of hydrogen-bond acceptors (Lipinski definition) is 6. The fourth-order valence-electron chi connectivity index (χ4n) is 3.52. The van der Waals surface area contributed by atoms with Gasteiger partial charge in [-0.1, -0.05) is 0 Å². The number of rotatable bonds is 6. The van der Waals surface area contributed by atoms with Gasteiger partial charge in [-0.05, 0) is 48.7 Å². The number of fused-ring (bicyclic) bond motifs is 1. The molecule has 3 aromatic rings. The second-order valence-corrected chi connectivity index (χ2v) is 6.90. The molecule has 31 heavy (non-hydrogen) atoms. The van der Waals surface area contributed by atoms with E-state index in [0.717, 1.165) is 43.5 Å². The van der Waals surface area contributed by atoms with Crippen molar-refractivity contribution in [1.29, 1.82) is 0 Å². The van der Waals surface area contributed by atoms with E-state index in [1.54, 1.807) is 20.5 Å². The van der Waals surface area contributed by atoms with Crippen LogP contribution in [0.2, 0.25) is 0 Å². The number of benzene rings is 1. The largest absolute Gasteiger partial charge is 0.493 e. The predicted octanol–water partition coefficient (Wildman–Crippen LogP) is 3.22. The van der Waals surface area contributed by atoms with Crippen LogP contribution in [0.5, 0.6) is 11.5 Å². The number of methoxy groups -OCH3 is 2. The van der Waals surface area contributed by atoms with Crippen molar-refractivity contribution in [3.63, 3.8) is 0 Å². The van der Waals surface area contributed by atoms with Crippen LogP contribution in [0.1, 0.15) is 23.9 Å². The quantitative estimate of drug-likeness (QED) is 0.283. The lowest BCUT2D eigenvalue weighted by molar-refractivity contribution is 0.346. The molecule has 2 N–H and O–H groups in total. The van der Waals surface area contributed by atoms with Crippen molar-refractivity contribution in [2.24, 2.45) is 4.99 Å². The van der Waals surface area contributed by atoms with E-state index >= 15 is 0 Å². The van der Waals surface area contributed by atoms with Gasteiger partial charge in [-0.2, -0.15) is 0 Å². The molecule has 9 nitrogen and oxygen atoms in total. The summed E-state index contributed by atoms with van der Waals surface area (Å²) in [6.45, 7) is 4.84. The number of nitrogens with zero attached hydrogens (tertiary/aromatic N) is 4. The van der Waals surface area contributed by atoms with Crippen LogP contribution in [-0.4, -0.2) is 53.3 Å². The van der Waals surface area contributed by atoms with E-state index < -0.39 is 0 Å². The molecule has 1 aliphatic rings. The zero-order valence-corrected chi connectivity index (χ0v) is 20.2. The predicted molar refractivity (Wildman–Crippen MR) is 128 cm³/mol. The first-order valence-corrected chi connectivity index (χ1v) is 9.94. The van der Waals surface area contributed by atoms with Gasteiger partial charge in [0.15, 0.2) is 23.2 Å². The third kappa shape index (κ3) is 5.12. The Morgan fingerprint density at radius 3 is 2.71 bits per heavy atom. The molecule has 0 amide bonds. The van der Waals surface area contributed by atoms with Gasteiger partial charge in [0.05, 0.1) is 20.5 Å². The Kier molecular flexibility index (Phi) is 7.77. The highest BCUT2D eigenvalue weighted by Crippen LogP contribution is 2.33. The van der Waals surface area contributed by atoms with Crippen molar-refractivity contribution >= 4 is 29.9 Å². The summed E-state index contributed by atoms with van der Waals surface area (Å²) >= 11 is 0. The third-order valence-electron chi connectivity index (χ3n) is 5.00. The summed E-state index contributed by atoms with van der Waals surface area (Å²) < 4.78 is 16.2. The molecule has 0 radical (unpaired) electrons. The fourth-order valence-corrected chi connectivity index (χ4v) is 3.52. The van der Waals surface area contributed by atoms with E-state index in [2.05, 4.69) is 44.5 Å². The standard InChI is InChI=1S/C21H26N6O3.HI/c1-4-22-21(23-12-19-24-20(26-25-19)16-6-5-9-30-16)27-8-7-14-10-17(28-2)18(29-3)11-15(14)13-27;/h5-6,9-11H,4,7-8,12-13H2,1-3H3,(H,22,23)(H,24,25,26);1H. The summed E-state index contributed by atoms with van der Waals surface area (Å²) in [6.07, 6.45) is 2.51. The molecule has 166 valence electrons. The molecule has 0 fully saturated rings. The topological polar surface area (TPSA) is 101 Å². The Labute approximate surface area is 198 Å². The zero-order valence-electron chi connectivity index (χ0n) is 17.8. The van der Waals surface area contributed by atoms with Crippen LogP contribution in [0.25, 0.3) is 11.6 Å². The summed E-state index contributed by atoms with van der Waals surface area (Å²) in [4.78, 5) is 11.5. The summed E-state index contributed by atoms with van der Waals surface area (Å²) in [5.41, 5.74) is 2.49. The van der Waals surface area contributed by atoms with Gasteiger partial charge >= 0.3 is 0 Å². The Morgan fingerprint density at radius 2 is 2.03 bits per heavy atom. The van der Waals surface area contributed by atoms with Gasteiger partial charge in [0.1, 0.15) is 12.4 Å². The molecule has 0 bridgehead atoms. The minimum atomic E-state index is 0. The van der Waals surface area contributed by atoms with Gasteiger partial charge < -0.3 is 24.1 Å². The molecule has 1 aliphatic heterocycles. The maximum absolute atomic E-state index is 5.47. The molecule has 4 rings (SSSR count). The molecule has 0 saturated carbocycles. The molecule has 0 unspecified atom stereocenters. The van der Waals surface area contributed by atoms with Gasteiger partial charge in [-0.15, -0.1) is 29.1 Å². The monoisotopic (exact) mass is 538 g/mol. The number of hydrogen-bond donors (Lipinski definition) is 2. The van der Waals surface area contributed by atoms with Gasteiger partial charge in [0, 0.05) is 19.6 Å². The number of aliphatic imine (C=N–C) groups is 1. The smallest absolute Gasteiger partial charge is 0.216 e. The van der Waals surface area contributed by atoms with Crippen LogP contribution < -0.4 is 14.8 Å². The maximum atomic E-state index is 5.47. The highest BCUT2D eigenvalue weighted by atomic mass is 127. The number of guanidine groups is 1. The number of nitrogens with one attached hydrogen (secondary N) is 2. The third-order valence-corrected chi connectivity index (χ3v) is 5.00. The summed E-state index contributed by atoms with van der Waals surface area (Å²) in [6, 6.07) is 7.76. The van der Waals surface area contributed by atoms with Crippen LogP contribution >= 0.6 is 24.0 Å². The molecule has 2 aromatic heterocycles. The molecule has 0 spiro atoms. The van der Waals surface area contributed by atoms with E-state index in [1.165, 1.54) is 11.1 Å². The second kappa shape index (κ2) is 10.5. The number of halogens is 1. The molecule has 0 saturated heterocycles. The first-order chi connectivity index (χ1) is 14.7. The summed E-state index contributed by atoms with van der Waals surface area (Å²) in [5, 5.41) is 10.5. The average Bonchev–Trinajstić information content (AvgIpc) is 3.47. The Balaban J connectivity index is 0.00000272. The van der Waals surface area contributed by atoms with Crippen LogP contribution in [0.15, 0.2) is 39.9 Å². The number of ether oxygens (including phenoxy) is 2. The fraction of sp³-hybridized carbons (Fsp3) is 0.381. The van der Waals surface area contributed by atoms with Crippen LogP contribution in [0.3, 0.4) is 0 Å². The Morgan fingerprint density at radius 1 is 1.26 bits per heavy atom. The highest BCUT2D eigenvalue weighted by molar-refractivity contribution is 14.0. The Bertz CT molecular complexity index is 1020. The molecule has 3 heterocycles. The van der Waals surface area contributed by atoms with Gasteiger partial charge in [0.25, 0.3) is 0 Å². The van der Waals surface area contributed by atoms with Gasteiger partial charge in [-0.25, -0.2) is 9.98 Å². The first-order valence-electron chi connectivity index (χ1n) is 9.94. The number of H-pyrrole nitrogens is 1. The van der Waals surface area contributed by atoms with E-state index in [-0.39, 0.29) is 24.0 Å². The number of furan rings is 1. The first kappa shape index (κ1) is 22.9. The van der Waals surface area contributed by atoms with Crippen molar-refractivity contribution in [3.05, 3.63) is 47.5 Å². The lowest BCUT2D eigenvalue weighted by Crippen LogP contribution is -2.44. The van der Waals surface area contributed by atoms with Crippen LogP contribution in [-0.2, 0) is 19.5 Å². The Hall–Kier alpha value is -2.76. The van der Waals surface area contributed by atoms with Crippen molar-refractivity contribution in [1.82, 2.24) is 25.4 Å². The molecule has 10 heteroatoms. The normalized spacial score (nSPS) is 13.4. The molecule has 0 aliphatic carbocycles. The molecule has 0 atom stereocenters. The lowest BCUT2D eigenvalue weighted by Gasteiger charge is -2.32. The SMILES string of the molecule is CCNC(=NCc1nc(-c2ccco2)n[nH]1)N1CCc2cc(OC)c(OC)cc2C1.I. The summed E-state index contributed by atoms with van der Waals surface area (Å²) in [7, 11) is 3.32. The number of aromatic nitrogens is 3. The average molecular weight is 538 g/mol. The molecule has 1 aromatic carbocycles. The molecular formula is C21H27IN6O3. The van der Waals surface area contributed by atoms with Crippen molar-refractivity contribution < 1.29 is 13.9 Å². The summed E-state index contributed by atoms with van der Waals surface area (Å²) in [5.74, 6) is 4.19. The van der Waals surface area contributed by atoms with Gasteiger partial charge in [0.2, 0.25) is 5.82 Å². The van der Waals surface area contributed by atoms with Crippen molar-refractivity contribution in [2.45, 2.75) is 26.4 Å². The van der Waals surface area contributed by atoms with E-state index in [1.807, 2.05) is 12.1 Å². The van der Waals surface area contributed by atoms with Crippen molar-refractivity contribution in [3.8, 4) is 23.1 Å².